The van der Waals surface area contributed by atoms with Gasteiger partial charge in [0.15, 0.2) is 5.82 Å². The van der Waals surface area contributed by atoms with E-state index in [-0.39, 0.29) is 0 Å². The van der Waals surface area contributed by atoms with E-state index in [4.69, 9.17) is 4.74 Å². The first-order chi connectivity index (χ1) is 7.26. The molecule has 1 aliphatic carbocycles. The first-order valence-corrected chi connectivity index (χ1v) is 5.78. The Bertz CT molecular complexity index is 366. The zero-order chi connectivity index (χ0) is 10.8. The van der Waals surface area contributed by atoms with Crippen LogP contribution in [0.4, 0.5) is 5.82 Å². The molecule has 0 spiro atoms. The molecule has 0 saturated heterocycles. The van der Waals surface area contributed by atoms with Gasteiger partial charge in [-0.15, -0.1) is 0 Å². The maximum absolute atomic E-state index is 5.05. The molecule has 1 fully saturated rings. The smallest absolute Gasteiger partial charge is 0.156 e. The fourth-order valence-corrected chi connectivity index (χ4v) is 2.20. The Kier molecular flexibility index (Phi) is 3.21. The van der Waals surface area contributed by atoms with Crippen LogP contribution < -0.4 is 5.32 Å². The lowest BCUT2D eigenvalue weighted by Gasteiger charge is -2.09. The number of rotatable bonds is 4. The van der Waals surface area contributed by atoms with Crippen LogP contribution in [0.2, 0.25) is 0 Å². The van der Waals surface area contributed by atoms with Crippen LogP contribution in [-0.2, 0) is 11.3 Å². The van der Waals surface area contributed by atoms with Crippen molar-refractivity contribution in [1.29, 1.82) is 0 Å². The molecule has 1 aliphatic rings. The van der Waals surface area contributed by atoms with Gasteiger partial charge >= 0.3 is 0 Å². The van der Waals surface area contributed by atoms with E-state index < -0.39 is 0 Å². The van der Waals surface area contributed by atoms with Gasteiger partial charge in [-0.25, -0.2) is 9.97 Å². The average Bonchev–Trinajstić information content (AvgIpc) is 3.04. The maximum Gasteiger partial charge on any atom is 0.156 e. The van der Waals surface area contributed by atoms with Crippen molar-refractivity contribution in [2.45, 2.75) is 25.4 Å². The molecule has 0 atom stereocenters. The third-order valence-corrected chi connectivity index (χ3v) is 3.18. The molecule has 0 radical (unpaired) electrons. The number of hydrogen-bond donors (Lipinski definition) is 1. The molecule has 0 aliphatic heterocycles. The Morgan fingerprint density at radius 1 is 1.47 bits per heavy atom. The highest BCUT2D eigenvalue weighted by Crippen LogP contribution is 2.43. The Morgan fingerprint density at radius 3 is 2.73 bits per heavy atom. The molecular weight excluding hydrogens is 258 g/mol. The average molecular weight is 272 g/mol. The topological polar surface area (TPSA) is 47.0 Å². The highest BCUT2D eigenvalue weighted by atomic mass is 79.9. The van der Waals surface area contributed by atoms with Crippen molar-refractivity contribution >= 4 is 21.7 Å². The van der Waals surface area contributed by atoms with E-state index in [1.807, 2.05) is 7.05 Å². The standard InChI is InChI=1S/C10H14BrN3O/c1-12-10-8(11)9(6-3-4-6)13-7(14-10)5-15-2/h6H,3-5H2,1-2H3,(H,12,13,14). The van der Waals surface area contributed by atoms with Crippen LogP contribution in [0.25, 0.3) is 0 Å². The first kappa shape index (κ1) is 10.8. The van der Waals surface area contributed by atoms with Crippen LogP contribution in [0.1, 0.15) is 30.3 Å². The molecule has 1 N–H and O–H groups in total. The molecule has 4 nitrogen and oxygen atoms in total. The zero-order valence-electron chi connectivity index (χ0n) is 8.88. The summed E-state index contributed by atoms with van der Waals surface area (Å²) in [5.41, 5.74) is 1.11. The van der Waals surface area contributed by atoms with E-state index in [0.29, 0.717) is 12.5 Å². The van der Waals surface area contributed by atoms with Crippen LogP contribution >= 0.6 is 15.9 Å². The van der Waals surface area contributed by atoms with Crippen molar-refractivity contribution in [2.75, 3.05) is 19.5 Å². The molecule has 0 unspecified atom stereocenters. The lowest BCUT2D eigenvalue weighted by Crippen LogP contribution is -2.05. The van der Waals surface area contributed by atoms with Crippen molar-refractivity contribution in [1.82, 2.24) is 9.97 Å². The Labute approximate surface area is 97.6 Å². The fourth-order valence-electron chi connectivity index (χ4n) is 1.50. The van der Waals surface area contributed by atoms with Gasteiger partial charge in [0.25, 0.3) is 0 Å². The molecule has 5 heteroatoms. The predicted molar refractivity (Wildman–Crippen MR) is 62.0 cm³/mol. The minimum Gasteiger partial charge on any atom is -0.377 e. The van der Waals surface area contributed by atoms with Crippen LogP contribution in [0.5, 0.6) is 0 Å². The SMILES string of the molecule is CNc1nc(COC)nc(C2CC2)c1Br. The molecular formula is C10H14BrN3O. The summed E-state index contributed by atoms with van der Waals surface area (Å²) < 4.78 is 6.05. The van der Waals surface area contributed by atoms with Crippen molar-refractivity contribution < 1.29 is 4.74 Å². The summed E-state index contributed by atoms with van der Waals surface area (Å²) in [6.07, 6.45) is 2.45. The fraction of sp³-hybridized carbons (Fsp3) is 0.600. The number of aromatic nitrogens is 2. The van der Waals surface area contributed by atoms with Crippen molar-refractivity contribution in [3.63, 3.8) is 0 Å². The van der Waals surface area contributed by atoms with Gasteiger partial charge in [-0.05, 0) is 28.8 Å². The first-order valence-electron chi connectivity index (χ1n) is 4.99. The molecule has 15 heavy (non-hydrogen) atoms. The van der Waals surface area contributed by atoms with Gasteiger partial charge in [0.1, 0.15) is 12.4 Å². The van der Waals surface area contributed by atoms with Crippen LogP contribution in [-0.4, -0.2) is 24.1 Å². The van der Waals surface area contributed by atoms with Gasteiger partial charge in [-0.1, -0.05) is 0 Å². The van der Waals surface area contributed by atoms with Gasteiger partial charge in [0, 0.05) is 20.1 Å². The number of methoxy groups -OCH3 is 1. The summed E-state index contributed by atoms with van der Waals surface area (Å²) in [6.45, 7) is 0.460. The van der Waals surface area contributed by atoms with Crippen LogP contribution in [0, 0.1) is 0 Å². The second-order valence-electron chi connectivity index (χ2n) is 3.64. The number of hydrogen-bond acceptors (Lipinski definition) is 4. The summed E-state index contributed by atoms with van der Waals surface area (Å²) in [5.74, 6) is 2.19. The monoisotopic (exact) mass is 271 g/mol. The summed E-state index contributed by atoms with van der Waals surface area (Å²) in [5, 5.41) is 3.06. The van der Waals surface area contributed by atoms with Gasteiger partial charge in [-0.2, -0.15) is 0 Å². The zero-order valence-corrected chi connectivity index (χ0v) is 10.5. The number of ether oxygens (including phenoxy) is 1. The summed E-state index contributed by atoms with van der Waals surface area (Å²) in [6, 6.07) is 0. The van der Waals surface area contributed by atoms with Gasteiger partial charge in [0.2, 0.25) is 0 Å². The van der Waals surface area contributed by atoms with E-state index in [2.05, 4.69) is 31.2 Å². The maximum atomic E-state index is 5.05. The normalized spacial score (nSPS) is 15.4. The number of nitrogens with one attached hydrogen (secondary N) is 1. The van der Waals surface area contributed by atoms with E-state index >= 15 is 0 Å². The molecule has 1 aromatic heterocycles. The summed E-state index contributed by atoms with van der Waals surface area (Å²) in [4.78, 5) is 8.87. The van der Waals surface area contributed by atoms with Gasteiger partial charge in [-0.3, -0.25) is 0 Å². The van der Waals surface area contributed by atoms with Crippen LogP contribution in [0.3, 0.4) is 0 Å². The number of anilines is 1. The van der Waals surface area contributed by atoms with E-state index in [1.54, 1.807) is 7.11 Å². The molecule has 1 saturated carbocycles. The lowest BCUT2D eigenvalue weighted by atomic mass is 10.2. The molecule has 0 aromatic carbocycles. The highest BCUT2D eigenvalue weighted by molar-refractivity contribution is 9.10. The molecule has 1 heterocycles. The Morgan fingerprint density at radius 2 is 2.20 bits per heavy atom. The van der Waals surface area contributed by atoms with Gasteiger partial charge in [0.05, 0.1) is 10.2 Å². The molecule has 82 valence electrons. The number of halogens is 1. The quantitative estimate of drug-likeness (QED) is 0.913. The van der Waals surface area contributed by atoms with Crippen LogP contribution in [0.15, 0.2) is 4.47 Å². The molecule has 2 rings (SSSR count). The summed E-state index contributed by atoms with van der Waals surface area (Å²) in [7, 11) is 3.52. The van der Waals surface area contributed by atoms with Crippen molar-refractivity contribution in [3.8, 4) is 0 Å². The number of nitrogens with zero attached hydrogens (tertiary/aromatic N) is 2. The predicted octanol–water partition coefficient (Wildman–Crippen LogP) is 2.30. The minimum atomic E-state index is 0.460. The van der Waals surface area contributed by atoms with E-state index in [9.17, 15) is 0 Å². The second kappa shape index (κ2) is 4.45. The van der Waals surface area contributed by atoms with E-state index in [1.165, 1.54) is 12.8 Å². The Hall–Kier alpha value is -0.680. The summed E-state index contributed by atoms with van der Waals surface area (Å²) >= 11 is 3.54. The van der Waals surface area contributed by atoms with E-state index in [0.717, 1.165) is 21.8 Å². The third kappa shape index (κ3) is 2.29. The molecule has 0 amide bonds. The Balaban J connectivity index is 2.38. The van der Waals surface area contributed by atoms with Gasteiger partial charge < -0.3 is 10.1 Å². The van der Waals surface area contributed by atoms with Crippen molar-refractivity contribution in [3.05, 3.63) is 16.0 Å². The second-order valence-corrected chi connectivity index (χ2v) is 4.44. The molecule has 1 aromatic rings. The highest BCUT2D eigenvalue weighted by Gasteiger charge is 2.29. The lowest BCUT2D eigenvalue weighted by molar-refractivity contribution is 0.177. The third-order valence-electron chi connectivity index (χ3n) is 2.40. The largest absolute Gasteiger partial charge is 0.377 e. The minimum absolute atomic E-state index is 0.460. The molecule has 0 bridgehead atoms. The van der Waals surface area contributed by atoms with Crippen molar-refractivity contribution in [2.24, 2.45) is 0 Å².